The van der Waals surface area contributed by atoms with Gasteiger partial charge in [-0.3, -0.25) is 0 Å². The number of thiophene rings is 1. The molecule has 0 aromatic carbocycles. The summed E-state index contributed by atoms with van der Waals surface area (Å²) in [5, 5.41) is 3.21. The Morgan fingerprint density at radius 2 is 1.94 bits per heavy atom. The second-order valence-corrected chi connectivity index (χ2v) is 6.85. The van der Waals surface area contributed by atoms with Crippen molar-refractivity contribution in [1.82, 2.24) is 10.2 Å². The van der Waals surface area contributed by atoms with Crippen LogP contribution in [0.15, 0.2) is 12.1 Å². The SMILES string of the molecule is CNCc1ccc(CN(C)CC2CCCCC2)s1. The second-order valence-electron chi connectivity index (χ2n) is 5.60. The summed E-state index contributed by atoms with van der Waals surface area (Å²) < 4.78 is 0. The van der Waals surface area contributed by atoms with Crippen LogP contribution in [0.25, 0.3) is 0 Å². The van der Waals surface area contributed by atoms with Gasteiger partial charge in [0.15, 0.2) is 0 Å². The monoisotopic (exact) mass is 266 g/mol. The lowest BCUT2D eigenvalue weighted by molar-refractivity contribution is 0.229. The molecule has 1 saturated carbocycles. The second kappa shape index (κ2) is 7.27. The first-order chi connectivity index (χ1) is 8.78. The van der Waals surface area contributed by atoms with E-state index in [1.54, 1.807) is 0 Å². The Morgan fingerprint density at radius 3 is 2.67 bits per heavy atom. The van der Waals surface area contributed by atoms with Crippen LogP contribution in [0.2, 0.25) is 0 Å². The van der Waals surface area contributed by atoms with Crippen molar-refractivity contribution in [2.24, 2.45) is 5.92 Å². The molecule has 1 aliphatic rings. The topological polar surface area (TPSA) is 15.3 Å². The van der Waals surface area contributed by atoms with Crippen LogP contribution in [0.3, 0.4) is 0 Å². The molecule has 3 heteroatoms. The number of nitrogens with zero attached hydrogens (tertiary/aromatic N) is 1. The number of rotatable bonds is 6. The molecule has 1 aromatic rings. The zero-order valence-corrected chi connectivity index (χ0v) is 12.6. The van der Waals surface area contributed by atoms with E-state index >= 15 is 0 Å². The van der Waals surface area contributed by atoms with Crippen molar-refractivity contribution in [2.45, 2.75) is 45.2 Å². The van der Waals surface area contributed by atoms with Crippen molar-refractivity contribution in [2.75, 3.05) is 20.6 Å². The molecule has 0 aliphatic heterocycles. The summed E-state index contributed by atoms with van der Waals surface area (Å²) in [4.78, 5) is 5.45. The van der Waals surface area contributed by atoms with Crippen LogP contribution in [0.5, 0.6) is 0 Å². The summed E-state index contributed by atoms with van der Waals surface area (Å²) in [6.07, 6.45) is 7.24. The van der Waals surface area contributed by atoms with Gasteiger partial charge >= 0.3 is 0 Å². The zero-order chi connectivity index (χ0) is 12.8. The van der Waals surface area contributed by atoms with Crippen LogP contribution in [0.1, 0.15) is 41.9 Å². The molecule has 1 aliphatic carbocycles. The van der Waals surface area contributed by atoms with Gasteiger partial charge in [-0.2, -0.15) is 0 Å². The minimum atomic E-state index is 0.945. The third kappa shape index (κ3) is 4.38. The smallest absolute Gasteiger partial charge is 0.0325 e. The Balaban J connectivity index is 1.76. The predicted octanol–water partition coefficient (Wildman–Crippen LogP) is 3.48. The maximum atomic E-state index is 3.21. The van der Waals surface area contributed by atoms with Gasteiger partial charge in [0.2, 0.25) is 0 Å². The van der Waals surface area contributed by atoms with Crippen LogP contribution in [0.4, 0.5) is 0 Å². The predicted molar refractivity (Wildman–Crippen MR) is 80.0 cm³/mol. The summed E-state index contributed by atoms with van der Waals surface area (Å²) in [6, 6.07) is 4.54. The highest BCUT2D eigenvalue weighted by atomic mass is 32.1. The molecule has 1 aromatic heterocycles. The van der Waals surface area contributed by atoms with Crippen LogP contribution in [-0.2, 0) is 13.1 Å². The lowest BCUT2D eigenvalue weighted by Gasteiger charge is -2.26. The average molecular weight is 266 g/mol. The minimum Gasteiger partial charge on any atom is -0.315 e. The third-order valence-electron chi connectivity index (χ3n) is 3.79. The van der Waals surface area contributed by atoms with Gasteiger partial charge in [0, 0.05) is 29.4 Å². The van der Waals surface area contributed by atoms with Crippen molar-refractivity contribution < 1.29 is 0 Å². The van der Waals surface area contributed by atoms with Gasteiger partial charge in [-0.1, -0.05) is 19.3 Å². The molecule has 0 unspecified atom stereocenters. The van der Waals surface area contributed by atoms with Gasteiger partial charge in [0.25, 0.3) is 0 Å². The lowest BCUT2D eigenvalue weighted by atomic mass is 9.89. The summed E-state index contributed by atoms with van der Waals surface area (Å²) in [6.45, 7) is 3.39. The first kappa shape index (κ1) is 14.0. The van der Waals surface area contributed by atoms with E-state index < -0.39 is 0 Å². The molecule has 2 nitrogen and oxygen atoms in total. The Labute approximate surface area is 115 Å². The molecule has 0 spiro atoms. The van der Waals surface area contributed by atoms with Crippen LogP contribution in [0, 0.1) is 5.92 Å². The molecule has 0 saturated heterocycles. The molecule has 102 valence electrons. The normalized spacial score (nSPS) is 17.5. The van der Waals surface area contributed by atoms with Crippen LogP contribution in [-0.4, -0.2) is 25.5 Å². The van der Waals surface area contributed by atoms with E-state index in [1.807, 2.05) is 18.4 Å². The van der Waals surface area contributed by atoms with E-state index in [0.717, 1.165) is 19.0 Å². The van der Waals surface area contributed by atoms with Gasteiger partial charge in [-0.25, -0.2) is 0 Å². The summed E-state index contributed by atoms with van der Waals surface area (Å²) in [7, 11) is 4.28. The molecule has 0 amide bonds. The molecule has 18 heavy (non-hydrogen) atoms. The van der Waals surface area contributed by atoms with Gasteiger partial charge in [-0.15, -0.1) is 11.3 Å². The molecular weight excluding hydrogens is 240 g/mol. The summed E-state index contributed by atoms with van der Waals surface area (Å²) in [5.74, 6) is 0.945. The highest BCUT2D eigenvalue weighted by Crippen LogP contribution is 2.25. The molecule has 0 atom stereocenters. The van der Waals surface area contributed by atoms with Crippen molar-refractivity contribution in [3.8, 4) is 0 Å². The summed E-state index contributed by atoms with van der Waals surface area (Å²) in [5.41, 5.74) is 0. The Kier molecular flexibility index (Phi) is 5.67. The van der Waals surface area contributed by atoms with Gasteiger partial charge in [-0.05, 0) is 45.0 Å². The first-order valence-electron chi connectivity index (χ1n) is 7.18. The quantitative estimate of drug-likeness (QED) is 0.848. The Bertz CT molecular complexity index is 342. The fourth-order valence-corrected chi connectivity index (χ4v) is 4.03. The molecule has 2 rings (SSSR count). The molecule has 0 bridgehead atoms. The fraction of sp³-hybridized carbons (Fsp3) is 0.733. The van der Waals surface area contributed by atoms with Crippen molar-refractivity contribution in [3.63, 3.8) is 0 Å². The number of nitrogens with one attached hydrogen (secondary N) is 1. The van der Waals surface area contributed by atoms with E-state index in [1.165, 1.54) is 48.4 Å². The van der Waals surface area contributed by atoms with E-state index in [0.29, 0.717) is 0 Å². The standard InChI is InChI=1S/C15H26N2S/c1-16-10-14-8-9-15(18-14)12-17(2)11-13-6-4-3-5-7-13/h8-9,13,16H,3-7,10-12H2,1-2H3. The highest BCUT2D eigenvalue weighted by molar-refractivity contribution is 7.11. The van der Waals surface area contributed by atoms with Crippen LogP contribution >= 0.6 is 11.3 Å². The van der Waals surface area contributed by atoms with E-state index in [9.17, 15) is 0 Å². The third-order valence-corrected chi connectivity index (χ3v) is 4.86. The largest absolute Gasteiger partial charge is 0.315 e. The Hall–Kier alpha value is -0.380. The van der Waals surface area contributed by atoms with Crippen LogP contribution < -0.4 is 5.32 Å². The first-order valence-corrected chi connectivity index (χ1v) is 8.00. The molecule has 1 N–H and O–H groups in total. The molecular formula is C15H26N2S. The molecule has 1 heterocycles. The van der Waals surface area contributed by atoms with Crippen molar-refractivity contribution in [3.05, 3.63) is 21.9 Å². The molecule has 0 radical (unpaired) electrons. The zero-order valence-electron chi connectivity index (χ0n) is 11.7. The van der Waals surface area contributed by atoms with Crippen molar-refractivity contribution in [1.29, 1.82) is 0 Å². The van der Waals surface area contributed by atoms with Crippen molar-refractivity contribution >= 4 is 11.3 Å². The fourth-order valence-electron chi connectivity index (χ4n) is 2.92. The van der Waals surface area contributed by atoms with Gasteiger partial charge in [0.05, 0.1) is 0 Å². The van der Waals surface area contributed by atoms with E-state index in [-0.39, 0.29) is 0 Å². The van der Waals surface area contributed by atoms with E-state index in [2.05, 4.69) is 29.4 Å². The maximum absolute atomic E-state index is 3.21. The highest BCUT2D eigenvalue weighted by Gasteiger charge is 2.15. The number of hydrogen-bond donors (Lipinski definition) is 1. The summed E-state index contributed by atoms with van der Waals surface area (Å²) >= 11 is 1.94. The van der Waals surface area contributed by atoms with Gasteiger partial charge in [0.1, 0.15) is 0 Å². The minimum absolute atomic E-state index is 0.945. The lowest BCUT2D eigenvalue weighted by Crippen LogP contribution is -2.26. The van der Waals surface area contributed by atoms with E-state index in [4.69, 9.17) is 0 Å². The number of hydrogen-bond acceptors (Lipinski definition) is 3. The average Bonchev–Trinajstić information content (AvgIpc) is 2.78. The maximum Gasteiger partial charge on any atom is 0.0325 e. The van der Waals surface area contributed by atoms with Gasteiger partial charge < -0.3 is 10.2 Å². The Morgan fingerprint density at radius 1 is 1.22 bits per heavy atom. The molecule has 1 fully saturated rings.